The second-order valence-electron chi connectivity index (χ2n) is 6.26. The molecule has 150 valence electrons. The van der Waals surface area contributed by atoms with Crippen molar-refractivity contribution in [2.75, 3.05) is 13.2 Å². The number of carbonyl (C=O) groups is 1. The molecule has 11 heteroatoms. The van der Waals surface area contributed by atoms with Crippen LogP contribution in [0.25, 0.3) is 0 Å². The minimum absolute atomic E-state index is 0.0211. The van der Waals surface area contributed by atoms with Crippen molar-refractivity contribution in [3.05, 3.63) is 56.4 Å². The average Bonchev–Trinajstić information content (AvgIpc) is 3.01. The number of halogens is 3. The number of amides is 1. The maximum absolute atomic E-state index is 13.2. The Morgan fingerprint density at radius 3 is 2.86 bits per heavy atom. The van der Waals surface area contributed by atoms with E-state index in [2.05, 4.69) is 10.4 Å². The predicted octanol–water partition coefficient (Wildman–Crippen LogP) is 2.62. The first-order valence-electron chi connectivity index (χ1n) is 8.46. The van der Waals surface area contributed by atoms with Gasteiger partial charge < -0.3 is 10.1 Å². The van der Waals surface area contributed by atoms with Crippen molar-refractivity contribution in [3.63, 3.8) is 0 Å². The van der Waals surface area contributed by atoms with Crippen LogP contribution in [-0.4, -0.2) is 33.8 Å². The fraction of sp³-hybridized carbons (Fsp3) is 0.412. The van der Waals surface area contributed by atoms with Gasteiger partial charge in [-0.25, -0.2) is 0 Å². The van der Waals surface area contributed by atoms with Gasteiger partial charge in [0.2, 0.25) is 0 Å². The summed E-state index contributed by atoms with van der Waals surface area (Å²) in [4.78, 5) is 22.7. The molecule has 0 fully saturated rings. The largest absolute Gasteiger partial charge is 0.435 e. The van der Waals surface area contributed by atoms with Crippen LogP contribution in [0.4, 0.5) is 18.9 Å². The third-order valence-corrected chi connectivity index (χ3v) is 4.52. The molecule has 1 aromatic heterocycles. The van der Waals surface area contributed by atoms with Gasteiger partial charge in [-0.2, -0.15) is 18.3 Å². The van der Waals surface area contributed by atoms with Gasteiger partial charge in [0.15, 0.2) is 5.69 Å². The summed E-state index contributed by atoms with van der Waals surface area (Å²) < 4.78 is 45.8. The highest BCUT2D eigenvalue weighted by Gasteiger charge is 2.39. The SMILES string of the molecule is Cc1c(C(=O)NCCn2nc(C(F)(F)F)c3c2CCOC3)cccc1[N+](=O)[O-]. The lowest BCUT2D eigenvalue weighted by atomic mass is 10.1. The monoisotopic (exact) mass is 398 g/mol. The molecule has 0 bridgehead atoms. The summed E-state index contributed by atoms with van der Waals surface area (Å²) in [6.07, 6.45) is -4.28. The Balaban J connectivity index is 1.72. The smallest absolute Gasteiger partial charge is 0.376 e. The van der Waals surface area contributed by atoms with Crippen molar-refractivity contribution in [1.29, 1.82) is 0 Å². The second kappa shape index (κ2) is 7.58. The number of hydrogen-bond donors (Lipinski definition) is 1. The maximum Gasteiger partial charge on any atom is 0.435 e. The molecule has 3 rings (SSSR count). The fourth-order valence-corrected chi connectivity index (χ4v) is 3.16. The van der Waals surface area contributed by atoms with Crippen molar-refractivity contribution in [1.82, 2.24) is 15.1 Å². The van der Waals surface area contributed by atoms with Gasteiger partial charge in [-0.3, -0.25) is 19.6 Å². The van der Waals surface area contributed by atoms with Gasteiger partial charge in [-0.15, -0.1) is 0 Å². The fourth-order valence-electron chi connectivity index (χ4n) is 3.16. The summed E-state index contributed by atoms with van der Waals surface area (Å²) in [5.74, 6) is -0.540. The minimum atomic E-state index is -4.58. The number of ether oxygens (including phenoxy) is 1. The molecule has 2 heterocycles. The number of alkyl halides is 3. The Labute approximate surface area is 157 Å². The van der Waals surface area contributed by atoms with Crippen molar-refractivity contribution in [2.24, 2.45) is 0 Å². The van der Waals surface area contributed by atoms with Crippen LogP contribution < -0.4 is 5.32 Å². The van der Waals surface area contributed by atoms with Crippen LogP contribution in [0.15, 0.2) is 18.2 Å². The third kappa shape index (κ3) is 3.84. The van der Waals surface area contributed by atoms with Gasteiger partial charge in [-0.05, 0) is 13.0 Å². The summed E-state index contributed by atoms with van der Waals surface area (Å²) >= 11 is 0. The molecule has 1 aromatic carbocycles. The molecular formula is C17H17F3N4O4. The number of aromatic nitrogens is 2. The molecule has 0 aliphatic carbocycles. The van der Waals surface area contributed by atoms with Crippen molar-refractivity contribution >= 4 is 11.6 Å². The van der Waals surface area contributed by atoms with E-state index in [9.17, 15) is 28.1 Å². The second-order valence-corrected chi connectivity index (χ2v) is 6.26. The molecule has 0 spiro atoms. The van der Waals surface area contributed by atoms with E-state index >= 15 is 0 Å². The summed E-state index contributed by atoms with van der Waals surface area (Å²) in [6.45, 7) is 1.68. The number of rotatable bonds is 5. The van der Waals surface area contributed by atoms with E-state index in [4.69, 9.17) is 4.74 Å². The van der Waals surface area contributed by atoms with Gasteiger partial charge >= 0.3 is 6.18 Å². The topological polar surface area (TPSA) is 99.3 Å². The zero-order chi connectivity index (χ0) is 20.5. The van der Waals surface area contributed by atoms with Gasteiger partial charge in [-0.1, -0.05) is 6.07 Å². The third-order valence-electron chi connectivity index (χ3n) is 4.52. The van der Waals surface area contributed by atoms with Gasteiger partial charge in [0, 0.05) is 41.4 Å². The number of nitrogens with one attached hydrogen (secondary N) is 1. The summed E-state index contributed by atoms with van der Waals surface area (Å²) in [5, 5.41) is 17.2. The van der Waals surface area contributed by atoms with Crippen LogP contribution in [0.1, 0.15) is 32.9 Å². The number of benzene rings is 1. The van der Waals surface area contributed by atoms with E-state index in [1.165, 1.54) is 29.8 Å². The van der Waals surface area contributed by atoms with E-state index in [1.54, 1.807) is 0 Å². The minimum Gasteiger partial charge on any atom is -0.376 e. The molecule has 1 amide bonds. The molecule has 0 unspecified atom stereocenters. The number of fused-ring (bicyclic) bond motifs is 1. The molecule has 0 radical (unpaired) electrons. The van der Waals surface area contributed by atoms with Crippen LogP contribution >= 0.6 is 0 Å². The zero-order valence-corrected chi connectivity index (χ0v) is 14.9. The quantitative estimate of drug-likeness (QED) is 0.617. The summed E-state index contributed by atoms with van der Waals surface area (Å²) in [6, 6.07) is 4.15. The first kappa shape index (κ1) is 19.8. The lowest BCUT2D eigenvalue weighted by molar-refractivity contribution is -0.385. The summed E-state index contributed by atoms with van der Waals surface area (Å²) in [7, 11) is 0. The average molecular weight is 398 g/mol. The first-order valence-corrected chi connectivity index (χ1v) is 8.46. The Morgan fingerprint density at radius 2 is 2.18 bits per heavy atom. The number of hydrogen-bond acceptors (Lipinski definition) is 5. The number of nitrogens with zero attached hydrogens (tertiary/aromatic N) is 3. The summed E-state index contributed by atoms with van der Waals surface area (Å²) in [5.41, 5.74) is -0.315. The molecule has 0 saturated carbocycles. The van der Waals surface area contributed by atoms with E-state index in [-0.39, 0.29) is 42.1 Å². The highest BCUT2D eigenvalue weighted by atomic mass is 19.4. The van der Waals surface area contributed by atoms with Crippen LogP contribution in [0, 0.1) is 17.0 Å². The Bertz CT molecular complexity index is 924. The van der Waals surface area contributed by atoms with Crippen molar-refractivity contribution in [3.8, 4) is 0 Å². The maximum atomic E-state index is 13.2. The highest BCUT2D eigenvalue weighted by Crippen LogP contribution is 2.34. The molecule has 8 nitrogen and oxygen atoms in total. The highest BCUT2D eigenvalue weighted by molar-refractivity contribution is 5.96. The van der Waals surface area contributed by atoms with E-state index in [0.717, 1.165) is 0 Å². The standard InChI is InChI=1S/C17H17F3N4O4/c1-10-11(3-2-4-13(10)24(26)27)16(25)21-6-7-23-14-5-8-28-9-12(14)15(22-23)17(18,19)20/h2-4H,5-9H2,1H3,(H,21,25). The Hall–Kier alpha value is -2.95. The van der Waals surface area contributed by atoms with E-state index in [1.807, 2.05) is 0 Å². The van der Waals surface area contributed by atoms with Crippen molar-refractivity contribution in [2.45, 2.75) is 32.7 Å². The lowest BCUT2D eigenvalue weighted by Crippen LogP contribution is -2.29. The van der Waals surface area contributed by atoms with Gasteiger partial charge in [0.05, 0.1) is 24.7 Å². The molecule has 1 N–H and O–H groups in total. The molecule has 1 aliphatic rings. The molecule has 28 heavy (non-hydrogen) atoms. The van der Waals surface area contributed by atoms with Crippen LogP contribution in [0.3, 0.4) is 0 Å². The first-order chi connectivity index (χ1) is 13.2. The molecule has 0 atom stereocenters. The van der Waals surface area contributed by atoms with E-state index in [0.29, 0.717) is 18.7 Å². The van der Waals surface area contributed by atoms with Gasteiger partial charge in [0.1, 0.15) is 0 Å². The predicted molar refractivity (Wildman–Crippen MR) is 90.8 cm³/mol. The molecular weight excluding hydrogens is 381 g/mol. The molecule has 0 saturated heterocycles. The van der Waals surface area contributed by atoms with Crippen molar-refractivity contribution < 1.29 is 27.6 Å². The van der Waals surface area contributed by atoms with Crippen LogP contribution in [-0.2, 0) is 30.5 Å². The molecule has 1 aliphatic heterocycles. The number of nitro groups is 1. The zero-order valence-electron chi connectivity index (χ0n) is 14.9. The van der Waals surface area contributed by atoms with Crippen LogP contribution in [0.5, 0.6) is 0 Å². The Morgan fingerprint density at radius 1 is 1.43 bits per heavy atom. The van der Waals surface area contributed by atoms with Gasteiger partial charge in [0.25, 0.3) is 11.6 Å². The number of carbonyl (C=O) groups excluding carboxylic acids is 1. The van der Waals surface area contributed by atoms with Crippen LogP contribution in [0.2, 0.25) is 0 Å². The number of nitro benzene ring substituents is 1. The molecule has 2 aromatic rings. The van der Waals surface area contributed by atoms with E-state index < -0.39 is 22.7 Å². The Kier molecular flexibility index (Phi) is 5.36. The normalized spacial score (nSPS) is 13.9. The lowest BCUT2D eigenvalue weighted by Gasteiger charge is -2.15.